The Morgan fingerprint density at radius 1 is 1.07 bits per heavy atom. The zero-order chi connectivity index (χ0) is 28.8. The summed E-state index contributed by atoms with van der Waals surface area (Å²) in [5, 5.41) is 10.3. The molecule has 0 saturated carbocycles. The van der Waals surface area contributed by atoms with Gasteiger partial charge in [-0.1, -0.05) is 36.4 Å². The fraction of sp³-hybridized carbons (Fsp3) is 0.364. The Kier molecular flexibility index (Phi) is 7.30. The van der Waals surface area contributed by atoms with Gasteiger partial charge in [-0.3, -0.25) is 4.90 Å². The normalized spacial score (nSPS) is 20.9. The molecule has 0 spiro atoms. The molecule has 7 rings (SSSR count). The third kappa shape index (κ3) is 5.23. The standard InChI is InChI=1S/C33H33ClFN3O4/c1-20(39)22-5-8-28-29(15-22)38(17-24-11-14-40-24)32(36-28)18-37-12-9-21(10-13-37)25-3-2-4-30-33(25)42-31(19-41-30)26-7-6-23(34)16-27(26)35/h2-8,15-16,21,24,31,39H,1,9-14,17-19H2/t24-,31?/m0/s1. The Bertz CT molecular complexity index is 1640. The van der Waals surface area contributed by atoms with Gasteiger partial charge in [0, 0.05) is 28.3 Å². The number of aliphatic hydroxyl groups excluding tert-OH is 1. The van der Waals surface area contributed by atoms with Crippen molar-refractivity contribution in [1.82, 2.24) is 14.5 Å². The number of rotatable bonds is 7. The van der Waals surface area contributed by atoms with Crippen LogP contribution in [-0.4, -0.2) is 52.0 Å². The lowest BCUT2D eigenvalue weighted by atomic mass is 9.88. The van der Waals surface area contributed by atoms with Crippen molar-refractivity contribution in [3.63, 3.8) is 0 Å². The van der Waals surface area contributed by atoms with E-state index in [1.165, 1.54) is 6.07 Å². The van der Waals surface area contributed by atoms with E-state index < -0.39 is 11.9 Å². The third-order valence-electron chi connectivity index (χ3n) is 8.70. The Morgan fingerprint density at radius 3 is 2.64 bits per heavy atom. The maximum atomic E-state index is 14.7. The van der Waals surface area contributed by atoms with E-state index in [1.54, 1.807) is 12.1 Å². The molecule has 1 N–H and O–H groups in total. The van der Waals surface area contributed by atoms with Crippen molar-refractivity contribution in [2.45, 2.75) is 50.5 Å². The second-order valence-corrected chi connectivity index (χ2v) is 11.8. The molecule has 3 aromatic carbocycles. The first-order chi connectivity index (χ1) is 20.4. The lowest BCUT2D eigenvalue weighted by Gasteiger charge is -2.35. The molecule has 1 unspecified atom stereocenters. The minimum absolute atomic E-state index is 0.0512. The minimum atomic E-state index is -0.535. The van der Waals surface area contributed by atoms with E-state index in [0.29, 0.717) is 33.6 Å². The number of nitrogens with zero attached hydrogens (tertiary/aromatic N) is 3. The average molecular weight is 590 g/mol. The van der Waals surface area contributed by atoms with Crippen LogP contribution in [0, 0.1) is 5.82 Å². The fourth-order valence-electron chi connectivity index (χ4n) is 6.26. The van der Waals surface area contributed by atoms with E-state index in [-0.39, 0.29) is 18.5 Å². The van der Waals surface area contributed by atoms with Crippen LogP contribution in [-0.2, 0) is 17.8 Å². The summed E-state index contributed by atoms with van der Waals surface area (Å²) in [7, 11) is 0. The van der Waals surface area contributed by atoms with Crippen LogP contribution in [0.2, 0.25) is 5.02 Å². The van der Waals surface area contributed by atoms with Gasteiger partial charge in [-0.2, -0.15) is 0 Å². The minimum Gasteiger partial charge on any atom is -0.508 e. The van der Waals surface area contributed by atoms with Crippen LogP contribution < -0.4 is 9.47 Å². The zero-order valence-electron chi connectivity index (χ0n) is 23.3. The van der Waals surface area contributed by atoms with Gasteiger partial charge in [-0.15, -0.1) is 0 Å². The highest BCUT2D eigenvalue weighted by atomic mass is 35.5. The van der Waals surface area contributed by atoms with Crippen molar-refractivity contribution >= 4 is 28.4 Å². The molecule has 42 heavy (non-hydrogen) atoms. The largest absolute Gasteiger partial charge is 0.508 e. The number of benzene rings is 3. The lowest BCUT2D eigenvalue weighted by molar-refractivity contribution is -0.0592. The summed E-state index contributed by atoms with van der Waals surface area (Å²) in [6.45, 7) is 8.02. The number of ether oxygens (including phenoxy) is 3. The molecule has 2 fully saturated rings. The van der Waals surface area contributed by atoms with E-state index in [4.69, 9.17) is 30.8 Å². The molecule has 0 amide bonds. The van der Waals surface area contributed by atoms with Gasteiger partial charge in [0.1, 0.15) is 24.0 Å². The Hall–Kier alpha value is -3.59. The average Bonchev–Trinajstić information content (AvgIpc) is 3.30. The van der Waals surface area contributed by atoms with Crippen molar-refractivity contribution in [2.24, 2.45) is 0 Å². The number of hydrogen-bond donors (Lipinski definition) is 1. The number of imidazole rings is 1. The summed E-state index contributed by atoms with van der Waals surface area (Å²) < 4.78 is 35.1. The molecule has 3 aliphatic rings. The number of aromatic nitrogens is 2. The highest BCUT2D eigenvalue weighted by Crippen LogP contribution is 2.45. The van der Waals surface area contributed by atoms with Crippen molar-refractivity contribution in [2.75, 3.05) is 26.3 Å². The molecule has 7 nitrogen and oxygen atoms in total. The molecule has 4 heterocycles. The molecule has 0 aliphatic carbocycles. The summed E-state index contributed by atoms with van der Waals surface area (Å²) >= 11 is 5.97. The predicted octanol–water partition coefficient (Wildman–Crippen LogP) is 7.04. The van der Waals surface area contributed by atoms with E-state index in [2.05, 4.69) is 22.1 Å². The summed E-state index contributed by atoms with van der Waals surface area (Å²) in [6, 6.07) is 16.5. The van der Waals surface area contributed by atoms with Crippen LogP contribution in [0.4, 0.5) is 4.39 Å². The first kappa shape index (κ1) is 27.3. The molecular formula is C33H33ClFN3O4. The number of likely N-dealkylation sites (tertiary alicyclic amines) is 1. The van der Waals surface area contributed by atoms with Gasteiger partial charge in [0.15, 0.2) is 17.6 Å². The molecule has 3 aliphatic heterocycles. The van der Waals surface area contributed by atoms with Gasteiger partial charge in [0.2, 0.25) is 0 Å². The first-order valence-electron chi connectivity index (χ1n) is 14.5. The van der Waals surface area contributed by atoms with E-state index in [9.17, 15) is 9.50 Å². The molecule has 0 bridgehead atoms. The maximum absolute atomic E-state index is 14.7. The Labute approximate surface area is 249 Å². The molecule has 4 aromatic rings. The molecule has 9 heteroatoms. The number of fused-ring (bicyclic) bond motifs is 2. The molecule has 2 atom stereocenters. The molecule has 0 radical (unpaired) electrons. The SMILES string of the molecule is C=C(O)c1ccc2nc(CN3CCC(c4cccc5c4OC(c4ccc(Cl)cc4F)CO5)CC3)n(C[C@@H]3CCO3)c2c1. The van der Waals surface area contributed by atoms with Crippen LogP contribution in [0.3, 0.4) is 0 Å². The van der Waals surface area contributed by atoms with E-state index >= 15 is 0 Å². The quantitative estimate of drug-likeness (QED) is 0.233. The number of hydrogen-bond acceptors (Lipinski definition) is 6. The van der Waals surface area contributed by atoms with Crippen LogP contribution >= 0.6 is 11.6 Å². The van der Waals surface area contributed by atoms with E-state index in [0.717, 1.165) is 74.5 Å². The number of halogens is 2. The van der Waals surface area contributed by atoms with Crippen LogP contribution in [0.1, 0.15) is 53.8 Å². The second-order valence-electron chi connectivity index (χ2n) is 11.4. The van der Waals surface area contributed by atoms with E-state index in [1.807, 2.05) is 30.3 Å². The van der Waals surface area contributed by atoms with Crippen molar-refractivity contribution < 1.29 is 23.7 Å². The number of para-hydroxylation sites is 1. The predicted molar refractivity (Wildman–Crippen MR) is 160 cm³/mol. The van der Waals surface area contributed by atoms with Gasteiger partial charge < -0.3 is 23.9 Å². The maximum Gasteiger partial charge on any atom is 0.165 e. The summed E-state index contributed by atoms with van der Waals surface area (Å²) in [5.41, 5.74) is 4.15. The highest BCUT2D eigenvalue weighted by Gasteiger charge is 2.31. The fourth-order valence-corrected chi connectivity index (χ4v) is 6.42. The molecule has 2 saturated heterocycles. The van der Waals surface area contributed by atoms with Crippen molar-refractivity contribution in [3.05, 3.63) is 94.5 Å². The van der Waals surface area contributed by atoms with Crippen molar-refractivity contribution in [3.8, 4) is 11.5 Å². The first-order valence-corrected chi connectivity index (χ1v) is 14.9. The summed E-state index contributed by atoms with van der Waals surface area (Å²) in [4.78, 5) is 7.43. The van der Waals surface area contributed by atoms with Gasteiger partial charge in [-0.05, 0) is 74.7 Å². The molecular weight excluding hydrogens is 557 g/mol. The van der Waals surface area contributed by atoms with Crippen LogP contribution in [0.15, 0.2) is 61.2 Å². The molecule has 1 aromatic heterocycles. The van der Waals surface area contributed by atoms with Gasteiger partial charge >= 0.3 is 0 Å². The summed E-state index contributed by atoms with van der Waals surface area (Å²) in [5.74, 6) is 2.38. The number of aliphatic hydroxyl groups is 1. The topological polar surface area (TPSA) is 69.0 Å². The Morgan fingerprint density at radius 2 is 1.90 bits per heavy atom. The zero-order valence-corrected chi connectivity index (χ0v) is 24.0. The van der Waals surface area contributed by atoms with Gasteiger partial charge in [-0.25, -0.2) is 9.37 Å². The smallest absolute Gasteiger partial charge is 0.165 e. The summed E-state index contributed by atoms with van der Waals surface area (Å²) in [6.07, 6.45) is 2.60. The number of piperidine rings is 1. The second kappa shape index (κ2) is 11.2. The third-order valence-corrected chi connectivity index (χ3v) is 8.94. The monoisotopic (exact) mass is 589 g/mol. The Balaban J connectivity index is 1.07. The molecule has 218 valence electrons. The van der Waals surface area contributed by atoms with Crippen molar-refractivity contribution in [1.29, 1.82) is 0 Å². The lowest BCUT2D eigenvalue weighted by Crippen LogP contribution is -2.35. The van der Waals surface area contributed by atoms with Crippen LogP contribution in [0.5, 0.6) is 11.5 Å². The van der Waals surface area contributed by atoms with Crippen LogP contribution in [0.25, 0.3) is 16.8 Å². The van der Waals surface area contributed by atoms with Gasteiger partial charge in [0.05, 0.1) is 30.2 Å². The van der Waals surface area contributed by atoms with Gasteiger partial charge in [0.25, 0.3) is 0 Å². The highest BCUT2D eigenvalue weighted by molar-refractivity contribution is 6.30.